The van der Waals surface area contributed by atoms with E-state index >= 15 is 0 Å². The van der Waals surface area contributed by atoms with Gasteiger partial charge in [-0.05, 0) is 46.1 Å². The van der Waals surface area contributed by atoms with Crippen LogP contribution in [0.5, 0.6) is 0 Å². The van der Waals surface area contributed by atoms with E-state index in [4.69, 9.17) is 5.73 Å². The summed E-state index contributed by atoms with van der Waals surface area (Å²) in [5.41, 5.74) is 8.08. The van der Waals surface area contributed by atoms with Crippen LogP contribution in [0.15, 0.2) is 47.3 Å². The van der Waals surface area contributed by atoms with Gasteiger partial charge in [0.1, 0.15) is 0 Å². The molecule has 2 N–H and O–H groups in total. The summed E-state index contributed by atoms with van der Waals surface area (Å²) in [6.45, 7) is 0. The molecule has 0 aliphatic carbocycles. The van der Waals surface area contributed by atoms with Crippen molar-refractivity contribution in [2.24, 2.45) is 5.73 Å². The van der Waals surface area contributed by atoms with Crippen molar-refractivity contribution in [2.75, 3.05) is 0 Å². The van der Waals surface area contributed by atoms with Crippen LogP contribution in [0.3, 0.4) is 0 Å². The molecule has 4 heteroatoms. The molecule has 2 aromatic heterocycles. The van der Waals surface area contributed by atoms with Gasteiger partial charge in [0.2, 0.25) is 0 Å². The van der Waals surface area contributed by atoms with E-state index in [0.29, 0.717) is 0 Å². The number of hydrogen-bond donors (Lipinski definition) is 1. The molecule has 0 aliphatic heterocycles. The lowest BCUT2D eigenvalue weighted by atomic mass is 10.1. The maximum atomic E-state index is 6.07. The summed E-state index contributed by atoms with van der Waals surface area (Å²) in [5.74, 6) is 0. The number of aromatic nitrogens is 2. The largest absolute Gasteiger partial charge is 0.322 e. The zero-order valence-electron chi connectivity index (χ0n) is 8.68. The normalized spacial score (nSPS) is 12.4. The van der Waals surface area contributed by atoms with E-state index in [1.807, 2.05) is 30.5 Å². The predicted molar refractivity (Wildman–Crippen MR) is 66.8 cm³/mol. The number of nitrogens with two attached hydrogens (primary N) is 1. The molecule has 0 bridgehead atoms. The van der Waals surface area contributed by atoms with Gasteiger partial charge in [0, 0.05) is 23.1 Å². The second kappa shape index (κ2) is 5.18. The lowest BCUT2D eigenvalue weighted by Gasteiger charge is -2.10. The summed E-state index contributed by atoms with van der Waals surface area (Å²) in [4.78, 5) is 8.35. The molecule has 1 atom stereocenters. The van der Waals surface area contributed by atoms with Crippen LogP contribution in [0.25, 0.3) is 0 Å². The Morgan fingerprint density at radius 2 is 2.19 bits per heavy atom. The lowest BCUT2D eigenvalue weighted by molar-refractivity contribution is 0.694. The average molecular weight is 278 g/mol. The van der Waals surface area contributed by atoms with E-state index in [2.05, 4.69) is 25.9 Å². The van der Waals surface area contributed by atoms with Gasteiger partial charge >= 0.3 is 0 Å². The number of nitrogens with zero attached hydrogens (tertiary/aromatic N) is 2. The van der Waals surface area contributed by atoms with Gasteiger partial charge < -0.3 is 5.73 Å². The fourth-order valence-corrected chi connectivity index (χ4v) is 1.93. The van der Waals surface area contributed by atoms with Crippen LogP contribution in [-0.2, 0) is 6.42 Å². The minimum Gasteiger partial charge on any atom is -0.322 e. The highest BCUT2D eigenvalue weighted by molar-refractivity contribution is 9.10. The van der Waals surface area contributed by atoms with Crippen LogP contribution in [0, 0.1) is 0 Å². The molecule has 2 rings (SSSR count). The van der Waals surface area contributed by atoms with Gasteiger partial charge in [-0.25, -0.2) is 0 Å². The summed E-state index contributed by atoms with van der Waals surface area (Å²) in [5, 5.41) is 0. The summed E-state index contributed by atoms with van der Waals surface area (Å²) in [7, 11) is 0. The van der Waals surface area contributed by atoms with Gasteiger partial charge in [0.05, 0.1) is 11.7 Å². The third-order valence-electron chi connectivity index (χ3n) is 2.28. The molecule has 0 fully saturated rings. The summed E-state index contributed by atoms with van der Waals surface area (Å²) >= 11 is 3.39. The quantitative estimate of drug-likeness (QED) is 0.938. The van der Waals surface area contributed by atoms with E-state index in [1.165, 1.54) is 0 Å². The number of rotatable bonds is 3. The van der Waals surface area contributed by atoms with Crippen LogP contribution >= 0.6 is 15.9 Å². The van der Waals surface area contributed by atoms with Gasteiger partial charge in [0.25, 0.3) is 0 Å². The van der Waals surface area contributed by atoms with Crippen LogP contribution in [0.2, 0.25) is 0 Å². The Labute approximate surface area is 103 Å². The third kappa shape index (κ3) is 2.87. The first-order valence-corrected chi connectivity index (χ1v) is 5.81. The molecule has 0 spiro atoms. The first-order chi connectivity index (χ1) is 7.75. The van der Waals surface area contributed by atoms with E-state index < -0.39 is 0 Å². The molecule has 2 heterocycles. The van der Waals surface area contributed by atoms with Gasteiger partial charge in [-0.1, -0.05) is 6.07 Å². The van der Waals surface area contributed by atoms with E-state index in [-0.39, 0.29) is 6.04 Å². The minimum atomic E-state index is -0.0858. The summed E-state index contributed by atoms with van der Waals surface area (Å²) in [6, 6.07) is 7.71. The Morgan fingerprint density at radius 3 is 2.88 bits per heavy atom. The smallest absolute Gasteiger partial charge is 0.0574 e. The summed E-state index contributed by atoms with van der Waals surface area (Å²) in [6.07, 6.45) is 6.08. The highest BCUT2D eigenvalue weighted by atomic mass is 79.9. The molecule has 0 aliphatic rings. The maximum Gasteiger partial charge on any atom is 0.0574 e. The number of hydrogen-bond acceptors (Lipinski definition) is 3. The van der Waals surface area contributed by atoms with Crippen molar-refractivity contribution >= 4 is 15.9 Å². The Kier molecular flexibility index (Phi) is 3.64. The van der Waals surface area contributed by atoms with Crippen LogP contribution < -0.4 is 5.73 Å². The first kappa shape index (κ1) is 11.2. The van der Waals surface area contributed by atoms with E-state index in [0.717, 1.165) is 22.2 Å². The first-order valence-electron chi connectivity index (χ1n) is 5.01. The van der Waals surface area contributed by atoms with Gasteiger partial charge in [-0.3, -0.25) is 9.97 Å². The highest BCUT2D eigenvalue weighted by Gasteiger charge is 2.08. The van der Waals surface area contributed by atoms with Crippen molar-refractivity contribution < 1.29 is 0 Å². The van der Waals surface area contributed by atoms with Crippen molar-refractivity contribution in [3.05, 3.63) is 58.6 Å². The molecule has 2 aromatic rings. The molecule has 16 heavy (non-hydrogen) atoms. The van der Waals surface area contributed by atoms with Crippen molar-refractivity contribution in [1.29, 1.82) is 0 Å². The van der Waals surface area contributed by atoms with Crippen molar-refractivity contribution in [3.8, 4) is 0 Å². The zero-order valence-corrected chi connectivity index (χ0v) is 10.3. The Morgan fingerprint density at radius 1 is 1.31 bits per heavy atom. The topological polar surface area (TPSA) is 51.8 Å². The molecule has 3 nitrogen and oxygen atoms in total. The van der Waals surface area contributed by atoms with Crippen LogP contribution in [0.4, 0.5) is 0 Å². The Hall–Kier alpha value is -1.26. The van der Waals surface area contributed by atoms with Crippen molar-refractivity contribution in [1.82, 2.24) is 9.97 Å². The van der Waals surface area contributed by atoms with E-state index in [1.54, 1.807) is 12.4 Å². The molecule has 0 saturated carbocycles. The van der Waals surface area contributed by atoms with Crippen LogP contribution in [0.1, 0.15) is 17.3 Å². The highest BCUT2D eigenvalue weighted by Crippen LogP contribution is 2.16. The van der Waals surface area contributed by atoms with Crippen LogP contribution in [-0.4, -0.2) is 9.97 Å². The second-order valence-electron chi connectivity index (χ2n) is 3.58. The fourth-order valence-electron chi connectivity index (χ4n) is 1.52. The Bertz CT molecular complexity index is 459. The van der Waals surface area contributed by atoms with Gasteiger partial charge in [0.15, 0.2) is 0 Å². The predicted octanol–water partition coefficient (Wildman–Crippen LogP) is 2.48. The molecule has 0 aromatic carbocycles. The monoisotopic (exact) mass is 277 g/mol. The number of pyridine rings is 2. The van der Waals surface area contributed by atoms with Gasteiger partial charge in [-0.15, -0.1) is 0 Å². The minimum absolute atomic E-state index is 0.0858. The molecular weight excluding hydrogens is 266 g/mol. The lowest BCUT2D eigenvalue weighted by Crippen LogP contribution is -2.14. The van der Waals surface area contributed by atoms with Gasteiger partial charge in [-0.2, -0.15) is 0 Å². The molecule has 0 radical (unpaired) electrons. The SMILES string of the molecule is NC(Cc1cncc(Br)c1)c1ccccn1. The molecule has 1 unspecified atom stereocenters. The zero-order chi connectivity index (χ0) is 11.4. The maximum absolute atomic E-state index is 6.07. The standard InChI is InChI=1S/C12H12BrN3/c13-10-5-9(7-15-8-10)6-11(14)12-3-1-2-4-16-12/h1-5,7-8,11H,6,14H2. The summed E-state index contributed by atoms with van der Waals surface area (Å²) < 4.78 is 0.971. The average Bonchev–Trinajstić information content (AvgIpc) is 2.30. The Balaban J connectivity index is 2.11. The van der Waals surface area contributed by atoms with Crippen molar-refractivity contribution in [3.63, 3.8) is 0 Å². The number of halogens is 1. The van der Waals surface area contributed by atoms with E-state index in [9.17, 15) is 0 Å². The fraction of sp³-hybridized carbons (Fsp3) is 0.167. The second-order valence-corrected chi connectivity index (χ2v) is 4.49. The molecule has 0 amide bonds. The molecular formula is C12H12BrN3. The third-order valence-corrected chi connectivity index (χ3v) is 2.72. The van der Waals surface area contributed by atoms with Crippen molar-refractivity contribution in [2.45, 2.75) is 12.5 Å². The molecule has 82 valence electrons. The molecule has 0 saturated heterocycles.